The summed E-state index contributed by atoms with van der Waals surface area (Å²) >= 11 is 3.80. The number of thiazole rings is 1. The van der Waals surface area contributed by atoms with Gasteiger partial charge in [0.25, 0.3) is 0 Å². The largest absolute Gasteiger partial charge is 0.246 e. The monoisotopic (exact) mass is 275 g/mol. The number of hydrogen-bond donors (Lipinski definition) is 0. The molecule has 94 valence electrons. The molecule has 0 fully saturated rings. The number of nitrogens with zero attached hydrogens (tertiary/aromatic N) is 1. The van der Waals surface area contributed by atoms with Gasteiger partial charge in [-0.1, -0.05) is 24.3 Å². The number of fused-ring (bicyclic) bond motifs is 1. The Morgan fingerprint density at radius 3 is 3.11 bits per heavy atom. The van der Waals surface area contributed by atoms with E-state index in [0.717, 1.165) is 5.75 Å². The summed E-state index contributed by atoms with van der Waals surface area (Å²) < 4.78 is 0. The molecule has 0 N–H and O–H groups in total. The molecule has 1 aromatic carbocycles. The summed E-state index contributed by atoms with van der Waals surface area (Å²) in [5, 5.41) is 4.03. The van der Waals surface area contributed by atoms with Gasteiger partial charge >= 0.3 is 0 Å². The Morgan fingerprint density at radius 2 is 2.28 bits per heavy atom. The number of thioether (sulfide) groups is 1. The molecule has 0 amide bonds. The normalized spacial score (nSPS) is 18.6. The van der Waals surface area contributed by atoms with Crippen LogP contribution in [0.3, 0.4) is 0 Å². The Bertz CT molecular complexity index is 533. The van der Waals surface area contributed by atoms with Gasteiger partial charge in [-0.05, 0) is 37.3 Å². The smallest absolute Gasteiger partial charge is 0.0897 e. The van der Waals surface area contributed by atoms with E-state index in [4.69, 9.17) is 0 Å². The van der Waals surface area contributed by atoms with Gasteiger partial charge in [-0.25, -0.2) is 4.98 Å². The molecule has 18 heavy (non-hydrogen) atoms. The standard InChI is InChI=1S/C15H17NS2/c1-11-16-13(9-17-11)10-18-15-8-4-6-12-5-2-3-7-14(12)15/h2-3,5,7,9,15H,4,6,8,10H2,1H3. The van der Waals surface area contributed by atoms with Gasteiger partial charge in [0.1, 0.15) is 0 Å². The van der Waals surface area contributed by atoms with Crippen LogP contribution in [0.5, 0.6) is 0 Å². The van der Waals surface area contributed by atoms with E-state index in [9.17, 15) is 0 Å². The molecular weight excluding hydrogens is 258 g/mol. The average Bonchev–Trinajstić information content (AvgIpc) is 2.82. The maximum absolute atomic E-state index is 4.55. The van der Waals surface area contributed by atoms with Crippen molar-refractivity contribution < 1.29 is 0 Å². The van der Waals surface area contributed by atoms with E-state index in [1.165, 1.54) is 30.0 Å². The van der Waals surface area contributed by atoms with Gasteiger partial charge < -0.3 is 0 Å². The zero-order valence-electron chi connectivity index (χ0n) is 10.6. The lowest BCUT2D eigenvalue weighted by Crippen LogP contribution is -2.07. The van der Waals surface area contributed by atoms with Crippen LogP contribution in [0.2, 0.25) is 0 Å². The van der Waals surface area contributed by atoms with Crippen LogP contribution in [-0.4, -0.2) is 4.98 Å². The molecule has 1 aliphatic rings. The third-order valence-corrected chi connectivity index (χ3v) is 5.59. The second kappa shape index (κ2) is 5.45. The molecule has 0 aliphatic heterocycles. The van der Waals surface area contributed by atoms with E-state index in [1.807, 2.05) is 0 Å². The summed E-state index contributed by atoms with van der Waals surface area (Å²) in [5.41, 5.74) is 4.35. The molecule has 1 nitrogen and oxygen atoms in total. The highest BCUT2D eigenvalue weighted by molar-refractivity contribution is 7.98. The second-order valence-electron chi connectivity index (χ2n) is 4.75. The molecule has 1 unspecified atom stereocenters. The quantitative estimate of drug-likeness (QED) is 0.801. The van der Waals surface area contributed by atoms with Crippen LogP contribution in [0.15, 0.2) is 29.6 Å². The predicted molar refractivity (Wildman–Crippen MR) is 80.3 cm³/mol. The minimum Gasteiger partial charge on any atom is -0.246 e. The van der Waals surface area contributed by atoms with E-state index in [0.29, 0.717) is 5.25 Å². The summed E-state index contributed by atoms with van der Waals surface area (Å²) in [7, 11) is 0. The Morgan fingerprint density at radius 1 is 1.39 bits per heavy atom. The topological polar surface area (TPSA) is 12.9 Å². The molecule has 0 radical (unpaired) electrons. The van der Waals surface area contributed by atoms with E-state index < -0.39 is 0 Å². The highest BCUT2D eigenvalue weighted by atomic mass is 32.2. The van der Waals surface area contributed by atoms with Gasteiger partial charge in [-0.2, -0.15) is 0 Å². The van der Waals surface area contributed by atoms with Gasteiger partial charge in [0, 0.05) is 16.4 Å². The Balaban J connectivity index is 1.71. The van der Waals surface area contributed by atoms with Crippen molar-refractivity contribution in [3.8, 4) is 0 Å². The first-order chi connectivity index (χ1) is 8.83. The van der Waals surface area contributed by atoms with Crippen molar-refractivity contribution in [3.63, 3.8) is 0 Å². The molecule has 0 saturated heterocycles. The maximum Gasteiger partial charge on any atom is 0.0897 e. The van der Waals surface area contributed by atoms with Crippen LogP contribution in [0.4, 0.5) is 0 Å². The molecule has 3 heteroatoms. The first-order valence-corrected chi connectivity index (χ1v) is 8.36. The fraction of sp³-hybridized carbons (Fsp3) is 0.400. The van der Waals surface area contributed by atoms with Gasteiger partial charge in [0.2, 0.25) is 0 Å². The zero-order chi connectivity index (χ0) is 12.4. The molecule has 1 atom stereocenters. The fourth-order valence-corrected chi connectivity index (χ4v) is 4.52. The molecule has 3 rings (SSSR count). The second-order valence-corrected chi connectivity index (χ2v) is 7.00. The zero-order valence-corrected chi connectivity index (χ0v) is 12.2. The van der Waals surface area contributed by atoms with Gasteiger partial charge in [-0.15, -0.1) is 23.1 Å². The lowest BCUT2D eigenvalue weighted by molar-refractivity contribution is 0.673. The molecule has 0 bridgehead atoms. The Labute approximate surface area is 117 Å². The number of rotatable bonds is 3. The fourth-order valence-electron chi connectivity index (χ4n) is 2.54. The minimum absolute atomic E-state index is 0.664. The molecule has 1 heterocycles. The third kappa shape index (κ3) is 2.62. The van der Waals surface area contributed by atoms with E-state index >= 15 is 0 Å². The lowest BCUT2D eigenvalue weighted by Gasteiger charge is -2.24. The molecule has 1 aliphatic carbocycles. The molecular formula is C15H17NS2. The Kier molecular flexibility index (Phi) is 3.71. The van der Waals surface area contributed by atoms with Crippen molar-refractivity contribution in [1.29, 1.82) is 0 Å². The number of hydrogen-bond acceptors (Lipinski definition) is 3. The lowest BCUT2D eigenvalue weighted by atomic mass is 9.91. The number of aryl methyl sites for hydroxylation is 2. The minimum atomic E-state index is 0.664. The van der Waals surface area contributed by atoms with Crippen molar-refractivity contribution in [2.75, 3.05) is 0 Å². The first kappa shape index (κ1) is 12.2. The van der Waals surface area contributed by atoms with Gasteiger partial charge in [-0.3, -0.25) is 0 Å². The first-order valence-electron chi connectivity index (χ1n) is 6.43. The third-order valence-electron chi connectivity index (χ3n) is 3.41. The summed E-state index contributed by atoms with van der Waals surface area (Å²) in [4.78, 5) is 4.55. The predicted octanol–water partition coefficient (Wildman–Crippen LogP) is 4.76. The summed E-state index contributed by atoms with van der Waals surface area (Å²) in [6, 6.07) is 8.92. The van der Waals surface area contributed by atoms with E-state index in [1.54, 1.807) is 22.5 Å². The highest BCUT2D eigenvalue weighted by Crippen LogP contribution is 2.40. The number of aromatic nitrogens is 1. The van der Waals surface area contributed by atoms with Crippen LogP contribution in [0.1, 0.15) is 39.9 Å². The maximum atomic E-state index is 4.55. The molecule has 1 aromatic heterocycles. The van der Waals surface area contributed by atoms with Crippen LogP contribution < -0.4 is 0 Å². The van der Waals surface area contributed by atoms with Crippen LogP contribution in [0, 0.1) is 6.92 Å². The van der Waals surface area contributed by atoms with Crippen LogP contribution >= 0.6 is 23.1 Å². The summed E-state index contributed by atoms with van der Waals surface area (Å²) in [5.74, 6) is 1.04. The van der Waals surface area contributed by atoms with Crippen molar-refractivity contribution in [1.82, 2.24) is 4.98 Å². The van der Waals surface area contributed by atoms with Crippen LogP contribution in [-0.2, 0) is 12.2 Å². The van der Waals surface area contributed by atoms with Crippen molar-refractivity contribution in [2.24, 2.45) is 0 Å². The van der Waals surface area contributed by atoms with Gasteiger partial charge in [0.05, 0.1) is 10.7 Å². The average molecular weight is 275 g/mol. The van der Waals surface area contributed by atoms with E-state index in [-0.39, 0.29) is 0 Å². The number of benzene rings is 1. The van der Waals surface area contributed by atoms with Crippen LogP contribution in [0.25, 0.3) is 0 Å². The highest BCUT2D eigenvalue weighted by Gasteiger charge is 2.20. The molecule has 2 aromatic rings. The summed E-state index contributed by atoms with van der Waals surface area (Å²) in [6.07, 6.45) is 3.89. The summed E-state index contributed by atoms with van der Waals surface area (Å²) in [6.45, 7) is 2.08. The van der Waals surface area contributed by atoms with Gasteiger partial charge in [0.15, 0.2) is 0 Å². The molecule has 0 spiro atoms. The SMILES string of the molecule is Cc1nc(CSC2CCCc3ccccc32)cs1. The van der Waals surface area contributed by atoms with Crippen molar-refractivity contribution in [2.45, 2.75) is 37.2 Å². The van der Waals surface area contributed by atoms with Crippen molar-refractivity contribution in [3.05, 3.63) is 51.5 Å². The Hall–Kier alpha value is -0.800. The van der Waals surface area contributed by atoms with Crippen molar-refractivity contribution >= 4 is 23.1 Å². The van der Waals surface area contributed by atoms with E-state index in [2.05, 4.69) is 53.3 Å². The molecule has 0 saturated carbocycles.